The Morgan fingerprint density at radius 2 is 1.70 bits per heavy atom. The van der Waals surface area contributed by atoms with Crippen molar-refractivity contribution >= 4 is 17.6 Å². The van der Waals surface area contributed by atoms with Crippen molar-refractivity contribution in [1.29, 1.82) is 0 Å². The second kappa shape index (κ2) is 8.13. The SMILES string of the molecule is Cc1ccccc1NC(=O)COC(=O)CC(C)c1ccccc1. The molecule has 1 atom stereocenters. The summed E-state index contributed by atoms with van der Waals surface area (Å²) in [5.74, 6) is -0.649. The molecule has 0 aliphatic carbocycles. The van der Waals surface area contributed by atoms with Crippen LogP contribution in [-0.4, -0.2) is 18.5 Å². The molecule has 4 heteroatoms. The van der Waals surface area contributed by atoms with Gasteiger partial charge < -0.3 is 10.1 Å². The molecular formula is C19H21NO3. The number of para-hydroxylation sites is 1. The third-order valence-electron chi connectivity index (χ3n) is 3.62. The van der Waals surface area contributed by atoms with E-state index in [-0.39, 0.29) is 30.8 Å². The molecule has 0 heterocycles. The molecule has 0 fully saturated rings. The Morgan fingerprint density at radius 1 is 1.04 bits per heavy atom. The Hall–Kier alpha value is -2.62. The van der Waals surface area contributed by atoms with E-state index < -0.39 is 0 Å². The lowest BCUT2D eigenvalue weighted by Gasteiger charge is -2.12. The monoisotopic (exact) mass is 311 g/mol. The van der Waals surface area contributed by atoms with Crippen molar-refractivity contribution in [2.75, 3.05) is 11.9 Å². The first-order valence-corrected chi connectivity index (χ1v) is 7.62. The number of hydrogen-bond acceptors (Lipinski definition) is 3. The van der Waals surface area contributed by atoms with Crippen molar-refractivity contribution in [1.82, 2.24) is 0 Å². The number of hydrogen-bond donors (Lipinski definition) is 1. The van der Waals surface area contributed by atoms with E-state index in [9.17, 15) is 9.59 Å². The summed E-state index contributed by atoms with van der Waals surface area (Å²) in [6.07, 6.45) is 0.252. The predicted molar refractivity (Wildman–Crippen MR) is 90.2 cm³/mol. The zero-order valence-corrected chi connectivity index (χ0v) is 13.4. The quantitative estimate of drug-likeness (QED) is 0.828. The molecule has 2 aromatic rings. The van der Waals surface area contributed by atoms with E-state index in [4.69, 9.17) is 4.74 Å². The Bertz CT molecular complexity index is 667. The Labute approximate surface area is 136 Å². The molecule has 2 aromatic carbocycles. The zero-order chi connectivity index (χ0) is 16.7. The number of carbonyl (C=O) groups is 2. The summed E-state index contributed by atoms with van der Waals surface area (Å²) >= 11 is 0. The molecule has 0 aliphatic rings. The van der Waals surface area contributed by atoms with E-state index in [0.29, 0.717) is 0 Å². The van der Waals surface area contributed by atoms with Gasteiger partial charge in [-0.15, -0.1) is 0 Å². The first-order chi connectivity index (χ1) is 11.1. The van der Waals surface area contributed by atoms with Crippen LogP contribution >= 0.6 is 0 Å². The van der Waals surface area contributed by atoms with Gasteiger partial charge in [-0.1, -0.05) is 55.5 Å². The van der Waals surface area contributed by atoms with Gasteiger partial charge in [0.05, 0.1) is 6.42 Å². The van der Waals surface area contributed by atoms with Gasteiger partial charge in [-0.3, -0.25) is 9.59 Å². The molecule has 0 aliphatic heterocycles. The minimum absolute atomic E-state index is 0.0585. The average molecular weight is 311 g/mol. The largest absolute Gasteiger partial charge is 0.456 e. The minimum Gasteiger partial charge on any atom is -0.456 e. The Kier molecular flexibility index (Phi) is 5.92. The summed E-state index contributed by atoms with van der Waals surface area (Å²) in [6.45, 7) is 3.60. The minimum atomic E-state index is -0.374. The van der Waals surface area contributed by atoms with E-state index in [1.165, 1.54) is 0 Å². The maximum Gasteiger partial charge on any atom is 0.306 e. The van der Waals surface area contributed by atoms with Crippen LogP contribution in [-0.2, 0) is 14.3 Å². The van der Waals surface area contributed by atoms with Crippen molar-refractivity contribution in [3.8, 4) is 0 Å². The zero-order valence-electron chi connectivity index (χ0n) is 13.4. The molecular weight excluding hydrogens is 290 g/mol. The maximum atomic E-state index is 11.8. The third-order valence-corrected chi connectivity index (χ3v) is 3.62. The topological polar surface area (TPSA) is 55.4 Å². The van der Waals surface area contributed by atoms with Crippen LogP contribution in [0.1, 0.15) is 30.4 Å². The molecule has 2 rings (SSSR count). The molecule has 120 valence electrons. The molecule has 0 bridgehead atoms. The summed E-state index contributed by atoms with van der Waals surface area (Å²) in [4.78, 5) is 23.7. The lowest BCUT2D eigenvalue weighted by Crippen LogP contribution is -2.21. The molecule has 0 radical (unpaired) electrons. The molecule has 4 nitrogen and oxygen atoms in total. The van der Waals surface area contributed by atoms with Crippen LogP contribution < -0.4 is 5.32 Å². The smallest absolute Gasteiger partial charge is 0.306 e. The normalized spacial score (nSPS) is 11.6. The molecule has 0 saturated heterocycles. The highest BCUT2D eigenvalue weighted by Gasteiger charge is 2.14. The summed E-state index contributed by atoms with van der Waals surface area (Å²) in [6, 6.07) is 17.2. The number of ether oxygens (including phenoxy) is 1. The van der Waals surface area contributed by atoms with E-state index >= 15 is 0 Å². The van der Waals surface area contributed by atoms with E-state index in [2.05, 4.69) is 5.32 Å². The summed E-state index contributed by atoms with van der Waals surface area (Å²) in [5, 5.41) is 2.73. The van der Waals surface area contributed by atoms with Gasteiger partial charge in [-0.2, -0.15) is 0 Å². The van der Waals surface area contributed by atoms with Gasteiger partial charge in [0.15, 0.2) is 6.61 Å². The number of benzene rings is 2. The maximum absolute atomic E-state index is 11.8. The van der Waals surface area contributed by atoms with Crippen LogP contribution in [0.2, 0.25) is 0 Å². The van der Waals surface area contributed by atoms with Crippen molar-refractivity contribution in [3.63, 3.8) is 0 Å². The van der Waals surface area contributed by atoms with Gasteiger partial charge in [-0.05, 0) is 30.0 Å². The number of nitrogens with one attached hydrogen (secondary N) is 1. The number of rotatable bonds is 6. The fraction of sp³-hybridized carbons (Fsp3) is 0.263. The second-order valence-corrected chi connectivity index (χ2v) is 5.54. The van der Waals surface area contributed by atoms with Crippen molar-refractivity contribution in [3.05, 3.63) is 65.7 Å². The second-order valence-electron chi connectivity index (χ2n) is 5.54. The highest BCUT2D eigenvalue weighted by Crippen LogP contribution is 2.19. The van der Waals surface area contributed by atoms with Crippen LogP contribution in [0, 0.1) is 6.92 Å². The van der Waals surface area contributed by atoms with Gasteiger partial charge in [0.2, 0.25) is 0 Å². The van der Waals surface area contributed by atoms with Gasteiger partial charge in [0.25, 0.3) is 5.91 Å². The van der Waals surface area contributed by atoms with Crippen LogP contribution in [0.3, 0.4) is 0 Å². The van der Waals surface area contributed by atoms with E-state index in [1.54, 1.807) is 0 Å². The van der Waals surface area contributed by atoms with Gasteiger partial charge in [0.1, 0.15) is 0 Å². The molecule has 0 aromatic heterocycles. The Morgan fingerprint density at radius 3 is 2.39 bits per heavy atom. The van der Waals surface area contributed by atoms with Crippen molar-refractivity contribution in [2.24, 2.45) is 0 Å². The molecule has 0 saturated carbocycles. The summed E-state index contributed by atoms with van der Waals surface area (Å²) in [5.41, 5.74) is 2.77. The predicted octanol–water partition coefficient (Wildman–Crippen LogP) is 3.67. The highest BCUT2D eigenvalue weighted by molar-refractivity contribution is 5.93. The lowest BCUT2D eigenvalue weighted by atomic mass is 9.98. The van der Waals surface area contributed by atoms with Crippen LogP contribution in [0.15, 0.2) is 54.6 Å². The summed E-state index contributed by atoms with van der Waals surface area (Å²) < 4.78 is 5.06. The van der Waals surface area contributed by atoms with Gasteiger partial charge >= 0.3 is 5.97 Å². The number of aryl methyl sites for hydroxylation is 1. The molecule has 23 heavy (non-hydrogen) atoms. The van der Waals surface area contributed by atoms with Crippen molar-refractivity contribution in [2.45, 2.75) is 26.2 Å². The lowest BCUT2D eigenvalue weighted by molar-refractivity contribution is -0.147. The van der Waals surface area contributed by atoms with E-state index in [0.717, 1.165) is 16.8 Å². The highest BCUT2D eigenvalue weighted by atomic mass is 16.5. The third kappa shape index (κ3) is 5.25. The van der Waals surface area contributed by atoms with Gasteiger partial charge in [0, 0.05) is 5.69 Å². The van der Waals surface area contributed by atoms with Gasteiger partial charge in [-0.25, -0.2) is 0 Å². The number of anilines is 1. The first-order valence-electron chi connectivity index (χ1n) is 7.62. The van der Waals surface area contributed by atoms with Crippen molar-refractivity contribution < 1.29 is 14.3 Å². The molecule has 1 N–H and O–H groups in total. The van der Waals surface area contributed by atoms with E-state index in [1.807, 2.05) is 68.4 Å². The molecule has 1 unspecified atom stereocenters. The summed E-state index contributed by atoms with van der Waals surface area (Å²) in [7, 11) is 0. The molecule has 0 spiro atoms. The number of esters is 1. The first kappa shape index (κ1) is 16.7. The average Bonchev–Trinajstić information content (AvgIpc) is 2.56. The number of amides is 1. The van der Waals surface area contributed by atoms with Crippen LogP contribution in [0.25, 0.3) is 0 Å². The fourth-order valence-corrected chi connectivity index (χ4v) is 2.25. The van der Waals surface area contributed by atoms with Crippen LogP contribution in [0.4, 0.5) is 5.69 Å². The molecule has 1 amide bonds. The Balaban J connectivity index is 1.78. The standard InChI is InChI=1S/C19H21NO3/c1-14-8-6-7-11-17(14)20-18(21)13-23-19(22)12-15(2)16-9-4-3-5-10-16/h3-11,15H,12-13H2,1-2H3,(H,20,21). The fourth-order valence-electron chi connectivity index (χ4n) is 2.25. The number of carbonyl (C=O) groups excluding carboxylic acids is 2. The van der Waals surface area contributed by atoms with Crippen LogP contribution in [0.5, 0.6) is 0 Å².